The van der Waals surface area contributed by atoms with E-state index in [2.05, 4.69) is 5.32 Å². The van der Waals surface area contributed by atoms with Crippen LogP contribution in [-0.4, -0.2) is 49.4 Å². The second-order valence-electron chi connectivity index (χ2n) is 5.73. The van der Waals surface area contributed by atoms with E-state index in [0.29, 0.717) is 31.5 Å². The minimum absolute atomic E-state index is 0.0321. The van der Waals surface area contributed by atoms with E-state index in [-0.39, 0.29) is 30.2 Å². The van der Waals surface area contributed by atoms with Crippen molar-refractivity contribution in [2.45, 2.75) is 19.8 Å². The third-order valence-corrected chi connectivity index (χ3v) is 4.06. The zero-order chi connectivity index (χ0) is 16.8. The monoisotopic (exact) mass is 318 g/mol. The summed E-state index contributed by atoms with van der Waals surface area (Å²) in [5, 5.41) is 2.65. The Hall–Kier alpha value is -2.37. The molecule has 0 saturated carbocycles. The van der Waals surface area contributed by atoms with Gasteiger partial charge in [-0.2, -0.15) is 0 Å². The van der Waals surface area contributed by atoms with Crippen LogP contribution in [0.25, 0.3) is 0 Å². The summed E-state index contributed by atoms with van der Waals surface area (Å²) in [4.78, 5) is 37.3. The summed E-state index contributed by atoms with van der Waals surface area (Å²) in [7, 11) is 1.38. The Labute approximate surface area is 135 Å². The molecule has 2 amide bonds. The van der Waals surface area contributed by atoms with Gasteiger partial charge in [-0.05, 0) is 31.9 Å². The van der Waals surface area contributed by atoms with E-state index < -0.39 is 0 Å². The molecule has 1 aliphatic rings. The summed E-state index contributed by atoms with van der Waals surface area (Å²) >= 11 is 0. The Kier molecular flexibility index (Phi) is 5.73. The number of carbonyl (C=O) groups is 3. The van der Waals surface area contributed by atoms with Gasteiger partial charge >= 0.3 is 5.97 Å². The van der Waals surface area contributed by atoms with E-state index in [1.54, 1.807) is 17.0 Å². The Morgan fingerprint density at radius 3 is 2.57 bits per heavy atom. The molecule has 1 aromatic carbocycles. The summed E-state index contributed by atoms with van der Waals surface area (Å²) in [5.74, 6) is -0.739. The van der Waals surface area contributed by atoms with Crippen molar-refractivity contribution >= 4 is 17.8 Å². The zero-order valence-corrected chi connectivity index (χ0v) is 13.5. The Morgan fingerprint density at radius 1 is 1.26 bits per heavy atom. The maximum absolute atomic E-state index is 12.1. The predicted octanol–water partition coefficient (Wildman–Crippen LogP) is 1.14. The van der Waals surface area contributed by atoms with Crippen molar-refractivity contribution in [1.29, 1.82) is 0 Å². The number of methoxy groups -OCH3 is 1. The van der Waals surface area contributed by atoms with E-state index in [4.69, 9.17) is 4.74 Å². The number of amides is 2. The van der Waals surface area contributed by atoms with E-state index >= 15 is 0 Å². The first-order valence-corrected chi connectivity index (χ1v) is 7.71. The first-order chi connectivity index (χ1) is 11.0. The van der Waals surface area contributed by atoms with Crippen LogP contribution in [-0.2, 0) is 14.3 Å². The molecule has 0 bridgehead atoms. The van der Waals surface area contributed by atoms with Crippen LogP contribution in [0.15, 0.2) is 24.3 Å². The van der Waals surface area contributed by atoms with Crippen LogP contribution >= 0.6 is 0 Å². The van der Waals surface area contributed by atoms with Gasteiger partial charge in [-0.3, -0.25) is 14.4 Å². The van der Waals surface area contributed by atoms with Crippen LogP contribution in [0, 0.1) is 12.8 Å². The number of hydrogen-bond donors (Lipinski definition) is 1. The fraction of sp³-hybridized carbons (Fsp3) is 0.471. The van der Waals surface area contributed by atoms with Crippen LogP contribution in [0.1, 0.15) is 28.8 Å². The van der Waals surface area contributed by atoms with Gasteiger partial charge in [0.05, 0.1) is 19.6 Å². The average molecular weight is 318 g/mol. The molecule has 0 aliphatic carbocycles. The molecular formula is C17H22N2O4. The van der Waals surface area contributed by atoms with E-state index in [1.807, 2.05) is 19.1 Å². The highest BCUT2D eigenvalue weighted by Gasteiger charge is 2.27. The van der Waals surface area contributed by atoms with Crippen molar-refractivity contribution < 1.29 is 19.1 Å². The molecular weight excluding hydrogens is 296 g/mol. The second-order valence-corrected chi connectivity index (χ2v) is 5.73. The summed E-state index contributed by atoms with van der Waals surface area (Å²) in [6.45, 7) is 2.90. The maximum atomic E-state index is 12.1. The zero-order valence-electron chi connectivity index (χ0n) is 13.5. The van der Waals surface area contributed by atoms with Crippen molar-refractivity contribution in [3.63, 3.8) is 0 Å². The molecule has 1 aliphatic heterocycles. The Morgan fingerprint density at radius 2 is 1.96 bits per heavy atom. The summed E-state index contributed by atoms with van der Waals surface area (Å²) < 4.78 is 4.72. The highest BCUT2D eigenvalue weighted by atomic mass is 16.5. The van der Waals surface area contributed by atoms with Crippen molar-refractivity contribution in [2.24, 2.45) is 5.92 Å². The van der Waals surface area contributed by atoms with Crippen molar-refractivity contribution in [3.8, 4) is 0 Å². The van der Waals surface area contributed by atoms with Gasteiger partial charge in [-0.25, -0.2) is 0 Å². The first kappa shape index (κ1) is 17.0. The fourth-order valence-electron chi connectivity index (χ4n) is 2.69. The minimum atomic E-state index is -0.258. The molecule has 1 fully saturated rings. The van der Waals surface area contributed by atoms with Gasteiger partial charge in [-0.15, -0.1) is 0 Å². The van der Waals surface area contributed by atoms with Crippen LogP contribution in [0.5, 0.6) is 0 Å². The van der Waals surface area contributed by atoms with Crippen LogP contribution < -0.4 is 5.32 Å². The molecule has 124 valence electrons. The first-order valence-electron chi connectivity index (χ1n) is 7.71. The number of benzene rings is 1. The largest absolute Gasteiger partial charge is 0.469 e. The molecule has 0 unspecified atom stereocenters. The molecule has 1 N–H and O–H groups in total. The lowest BCUT2D eigenvalue weighted by Gasteiger charge is -2.30. The quantitative estimate of drug-likeness (QED) is 0.845. The van der Waals surface area contributed by atoms with E-state index in [0.717, 1.165) is 5.56 Å². The molecule has 1 aromatic rings. The topological polar surface area (TPSA) is 75.7 Å². The van der Waals surface area contributed by atoms with Gasteiger partial charge in [0.25, 0.3) is 5.91 Å². The van der Waals surface area contributed by atoms with Gasteiger partial charge < -0.3 is 15.0 Å². The van der Waals surface area contributed by atoms with Crippen molar-refractivity contribution in [1.82, 2.24) is 10.2 Å². The average Bonchev–Trinajstić information content (AvgIpc) is 2.58. The summed E-state index contributed by atoms with van der Waals surface area (Å²) in [5.41, 5.74) is 1.54. The third-order valence-electron chi connectivity index (χ3n) is 4.06. The maximum Gasteiger partial charge on any atom is 0.308 e. The van der Waals surface area contributed by atoms with Crippen LogP contribution in [0.2, 0.25) is 0 Å². The number of ether oxygens (including phenoxy) is 1. The molecule has 2 rings (SSSR count). The number of hydrogen-bond acceptors (Lipinski definition) is 4. The molecule has 6 nitrogen and oxygen atoms in total. The normalized spacial score (nSPS) is 15.1. The van der Waals surface area contributed by atoms with Crippen molar-refractivity contribution in [2.75, 3.05) is 26.7 Å². The summed E-state index contributed by atoms with van der Waals surface area (Å²) in [6.07, 6.45) is 1.20. The molecule has 0 spiro atoms. The number of nitrogens with zero attached hydrogens (tertiary/aromatic N) is 1. The number of piperidine rings is 1. The van der Waals surface area contributed by atoms with Gasteiger partial charge in [0.15, 0.2) is 0 Å². The van der Waals surface area contributed by atoms with E-state index in [9.17, 15) is 14.4 Å². The molecule has 0 aromatic heterocycles. The number of likely N-dealkylation sites (tertiary alicyclic amines) is 1. The highest BCUT2D eigenvalue weighted by molar-refractivity contribution is 5.96. The molecule has 1 saturated heterocycles. The van der Waals surface area contributed by atoms with Crippen LogP contribution in [0.4, 0.5) is 0 Å². The third kappa shape index (κ3) is 4.55. The smallest absolute Gasteiger partial charge is 0.308 e. The number of rotatable bonds is 4. The summed E-state index contributed by atoms with van der Waals surface area (Å²) in [6, 6.07) is 7.22. The van der Waals surface area contributed by atoms with Crippen molar-refractivity contribution in [3.05, 3.63) is 35.4 Å². The molecule has 23 heavy (non-hydrogen) atoms. The minimum Gasteiger partial charge on any atom is -0.469 e. The lowest BCUT2D eigenvalue weighted by Crippen LogP contribution is -2.45. The van der Waals surface area contributed by atoms with Gasteiger partial charge in [-0.1, -0.05) is 17.7 Å². The fourth-order valence-corrected chi connectivity index (χ4v) is 2.69. The predicted molar refractivity (Wildman–Crippen MR) is 84.8 cm³/mol. The van der Waals surface area contributed by atoms with Gasteiger partial charge in [0, 0.05) is 18.7 Å². The van der Waals surface area contributed by atoms with Gasteiger partial charge in [0.1, 0.15) is 0 Å². The molecule has 1 heterocycles. The molecule has 0 atom stereocenters. The van der Waals surface area contributed by atoms with Crippen LogP contribution in [0.3, 0.4) is 0 Å². The second kappa shape index (κ2) is 7.76. The lowest BCUT2D eigenvalue weighted by atomic mass is 9.97. The number of esters is 1. The Bertz CT molecular complexity index is 592. The Balaban J connectivity index is 1.79. The molecule has 0 radical (unpaired) electrons. The number of aryl methyl sites for hydroxylation is 1. The highest BCUT2D eigenvalue weighted by Crippen LogP contribution is 2.18. The van der Waals surface area contributed by atoms with Gasteiger partial charge in [0.2, 0.25) is 5.91 Å². The SMILES string of the molecule is COC(=O)C1CCN(C(=O)CNC(=O)c2cccc(C)c2)CC1. The molecule has 6 heteroatoms. The number of carbonyl (C=O) groups excluding carboxylic acids is 3. The standard InChI is InChI=1S/C17H22N2O4/c1-12-4-3-5-14(10-12)16(21)18-11-15(20)19-8-6-13(7-9-19)17(22)23-2/h3-5,10,13H,6-9,11H2,1-2H3,(H,18,21). The van der Waals surface area contributed by atoms with E-state index in [1.165, 1.54) is 7.11 Å². The lowest BCUT2D eigenvalue weighted by molar-refractivity contribution is -0.148. The number of nitrogens with one attached hydrogen (secondary N) is 1.